The van der Waals surface area contributed by atoms with Gasteiger partial charge in [-0.3, -0.25) is 5.32 Å². The minimum Gasteiger partial charge on any atom is -0.486 e. The van der Waals surface area contributed by atoms with E-state index < -0.39 is 5.54 Å². The van der Waals surface area contributed by atoms with Crippen LogP contribution in [0.5, 0.6) is 11.5 Å². The molecule has 1 heterocycles. The van der Waals surface area contributed by atoms with Crippen molar-refractivity contribution in [1.82, 2.24) is 5.32 Å². The van der Waals surface area contributed by atoms with E-state index in [9.17, 15) is 4.79 Å². The first kappa shape index (κ1) is 15.6. The summed E-state index contributed by atoms with van der Waals surface area (Å²) >= 11 is 0. The summed E-state index contributed by atoms with van der Waals surface area (Å²) < 4.78 is 16.4. The maximum Gasteiger partial charge on any atom is 0.330 e. The van der Waals surface area contributed by atoms with Gasteiger partial charge in [0.05, 0.1) is 6.61 Å². The fourth-order valence-electron chi connectivity index (χ4n) is 2.47. The normalized spacial score (nSPS) is 16.4. The van der Waals surface area contributed by atoms with Crippen LogP contribution in [0.15, 0.2) is 18.2 Å². The fraction of sp³-hybridized carbons (Fsp3) is 0.562. The molecular formula is C16H23NO4. The molecule has 1 atom stereocenters. The number of nitrogens with one attached hydrogen (secondary N) is 1. The van der Waals surface area contributed by atoms with Gasteiger partial charge in [-0.05, 0) is 45.4 Å². The van der Waals surface area contributed by atoms with Crippen LogP contribution in [0.4, 0.5) is 0 Å². The highest BCUT2D eigenvalue weighted by Crippen LogP contribution is 2.35. The van der Waals surface area contributed by atoms with Gasteiger partial charge < -0.3 is 14.2 Å². The molecular weight excluding hydrogens is 270 g/mol. The molecule has 0 fully saturated rings. The molecule has 0 saturated carbocycles. The molecule has 0 spiro atoms. The zero-order valence-electron chi connectivity index (χ0n) is 13.1. The Morgan fingerprint density at radius 2 is 2.00 bits per heavy atom. The average molecular weight is 293 g/mol. The summed E-state index contributed by atoms with van der Waals surface area (Å²) in [5.41, 5.74) is -0.112. The van der Waals surface area contributed by atoms with Crippen molar-refractivity contribution in [3.8, 4) is 11.5 Å². The van der Waals surface area contributed by atoms with Crippen LogP contribution in [-0.2, 0) is 15.1 Å². The third-order valence-corrected chi connectivity index (χ3v) is 3.38. The van der Waals surface area contributed by atoms with Gasteiger partial charge in [0.2, 0.25) is 0 Å². The molecule has 1 aromatic rings. The van der Waals surface area contributed by atoms with E-state index in [0.29, 0.717) is 31.3 Å². The minimum absolute atomic E-state index is 0.132. The first-order valence-corrected chi connectivity index (χ1v) is 7.32. The molecule has 1 N–H and O–H groups in total. The summed E-state index contributed by atoms with van der Waals surface area (Å²) in [7, 11) is 0. The highest BCUT2D eigenvalue weighted by Gasteiger charge is 2.38. The monoisotopic (exact) mass is 293 g/mol. The Bertz CT molecular complexity index is 515. The molecule has 2 rings (SSSR count). The predicted molar refractivity (Wildman–Crippen MR) is 79.7 cm³/mol. The van der Waals surface area contributed by atoms with Gasteiger partial charge in [0.25, 0.3) is 0 Å². The second-order valence-corrected chi connectivity index (χ2v) is 5.50. The van der Waals surface area contributed by atoms with Crippen molar-refractivity contribution in [2.45, 2.75) is 39.3 Å². The van der Waals surface area contributed by atoms with E-state index in [-0.39, 0.29) is 12.0 Å². The van der Waals surface area contributed by atoms with E-state index >= 15 is 0 Å². The number of esters is 1. The van der Waals surface area contributed by atoms with Crippen LogP contribution in [0.1, 0.15) is 33.3 Å². The largest absolute Gasteiger partial charge is 0.486 e. The van der Waals surface area contributed by atoms with Gasteiger partial charge in [-0.15, -0.1) is 0 Å². The lowest BCUT2D eigenvalue weighted by molar-refractivity contribution is -0.151. The molecule has 116 valence electrons. The van der Waals surface area contributed by atoms with E-state index in [0.717, 1.165) is 5.56 Å². The number of benzene rings is 1. The van der Waals surface area contributed by atoms with Crippen molar-refractivity contribution in [2.75, 3.05) is 19.8 Å². The Kier molecular flexibility index (Phi) is 4.73. The van der Waals surface area contributed by atoms with Gasteiger partial charge in [-0.25, -0.2) is 4.79 Å². The molecule has 0 aromatic heterocycles. The van der Waals surface area contributed by atoms with Gasteiger partial charge in [-0.1, -0.05) is 6.07 Å². The highest BCUT2D eigenvalue weighted by molar-refractivity contribution is 5.82. The van der Waals surface area contributed by atoms with Crippen LogP contribution in [0.25, 0.3) is 0 Å². The van der Waals surface area contributed by atoms with Crippen LogP contribution in [0.2, 0.25) is 0 Å². The smallest absolute Gasteiger partial charge is 0.330 e. The molecule has 0 saturated heterocycles. The molecule has 1 unspecified atom stereocenters. The number of hydrogen-bond acceptors (Lipinski definition) is 5. The number of rotatable bonds is 5. The topological polar surface area (TPSA) is 56.8 Å². The number of hydrogen-bond donors (Lipinski definition) is 1. The number of carbonyl (C=O) groups excluding carboxylic acids is 1. The highest BCUT2D eigenvalue weighted by atomic mass is 16.6. The number of ether oxygens (including phenoxy) is 3. The molecule has 5 heteroatoms. The lowest BCUT2D eigenvalue weighted by Gasteiger charge is -2.32. The Labute approximate surface area is 125 Å². The van der Waals surface area contributed by atoms with E-state index in [1.165, 1.54) is 0 Å². The van der Waals surface area contributed by atoms with Gasteiger partial charge in [0, 0.05) is 6.04 Å². The summed E-state index contributed by atoms with van der Waals surface area (Å²) in [4.78, 5) is 12.4. The van der Waals surface area contributed by atoms with Crippen LogP contribution in [0.3, 0.4) is 0 Å². The SMILES string of the molecule is CCOC(=O)C(C)(NC(C)C)c1ccc2c(c1)OCCO2. The number of carbonyl (C=O) groups is 1. The summed E-state index contributed by atoms with van der Waals surface area (Å²) in [5, 5.41) is 3.29. The lowest BCUT2D eigenvalue weighted by atomic mass is 9.90. The zero-order chi connectivity index (χ0) is 15.5. The molecule has 1 aliphatic rings. The molecule has 0 bridgehead atoms. The number of fused-ring (bicyclic) bond motifs is 1. The fourth-order valence-corrected chi connectivity index (χ4v) is 2.47. The summed E-state index contributed by atoms with van der Waals surface area (Å²) in [6.45, 7) is 9.04. The standard InChI is InChI=1S/C16H23NO4/c1-5-19-15(18)16(4,17-11(2)3)12-6-7-13-14(10-12)21-9-8-20-13/h6-7,10-11,17H,5,8-9H2,1-4H3. The first-order chi connectivity index (χ1) is 9.97. The molecule has 0 amide bonds. The lowest BCUT2D eigenvalue weighted by Crippen LogP contribution is -2.50. The molecule has 0 radical (unpaired) electrons. The third-order valence-electron chi connectivity index (χ3n) is 3.38. The van der Waals surface area contributed by atoms with Gasteiger partial charge in [0.1, 0.15) is 18.8 Å². The second kappa shape index (κ2) is 6.35. The van der Waals surface area contributed by atoms with Crippen molar-refractivity contribution in [1.29, 1.82) is 0 Å². The maximum absolute atomic E-state index is 12.4. The maximum atomic E-state index is 12.4. The zero-order valence-corrected chi connectivity index (χ0v) is 13.1. The average Bonchev–Trinajstić information content (AvgIpc) is 2.46. The van der Waals surface area contributed by atoms with Gasteiger partial charge in [0.15, 0.2) is 11.5 Å². The van der Waals surface area contributed by atoms with Crippen molar-refractivity contribution in [2.24, 2.45) is 0 Å². The quantitative estimate of drug-likeness (QED) is 0.844. The van der Waals surface area contributed by atoms with E-state index in [1.807, 2.05) is 39.0 Å². The van der Waals surface area contributed by atoms with Crippen LogP contribution in [0, 0.1) is 0 Å². The summed E-state index contributed by atoms with van der Waals surface area (Å²) in [6.07, 6.45) is 0. The Morgan fingerprint density at radius 3 is 2.62 bits per heavy atom. The van der Waals surface area contributed by atoms with Crippen LogP contribution < -0.4 is 14.8 Å². The Morgan fingerprint density at radius 1 is 1.33 bits per heavy atom. The Balaban J connectivity index is 2.38. The predicted octanol–water partition coefficient (Wildman–Crippen LogP) is 2.23. The van der Waals surface area contributed by atoms with Crippen molar-refractivity contribution in [3.05, 3.63) is 23.8 Å². The molecule has 1 aliphatic heterocycles. The summed E-state index contributed by atoms with van der Waals surface area (Å²) in [5.74, 6) is 1.08. The van der Waals surface area contributed by atoms with Crippen molar-refractivity contribution < 1.29 is 19.0 Å². The molecule has 5 nitrogen and oxygen atoms in total. The van der Waals surface area contributed by atoms with E-state index in [4.69, 9.17) is 14.2 Å². The van der Waals surface area contributed by atoms with Crippen LogP contribution in [-0.4, -0.2) is 31.8 Å². The summed E-state index contributed by atoms with van der Waals surface area (Å²) in [6, 6.07) is 5.69. The van der Waals surface area contributed by atoms with Crippen molar-refractivity contribution >= 4 is 5.97 Å². The first-order valence-electron chi connectivity index (χ1n) is 7.32. The van der Waals surface area contributed by atoms with E-state index in [1.54, 1.807) is 6.92 Å². The molecule has 21 heavy (non-hydrogen) atoms. The van der Waals surface area contributed by atoms with Crippen LogP contribution >= 0.6 is 0 Å². The minimum atomic E-state index is -0.917. The Hall–Kier alpha value is -1.75. The third kappa shape index (κ3) is 3.29. The second-order valence-electron chi connectivity index (χ2n) is 5.50. The van der Waals surface area contributed by atoms with Gasteiger partial charge in [-0.2, -0.15) is 0 Å². The van der Waals surface area contributed by atoms with E-state index in [2.05, 4.69) is 5.32 Å². The molecule has 1 aromatic carbocycles. The van der Waals surface area contributed by atoms with Gasteiger partial charge >= 0.3 is 5.97 Å². The molecule has 0 aliphatic carbocycles. The van der Waals surface area contributed by atoms with Crippen molar-refractivity contribution in [3.63, 3.8) is 0 Å².